The fourth-order valence-corrected chi connectivity index (χ4v) is 3.87. The highest BCUT2D eigenvalue weighted by atomic mass is 35.7. The first-order chi connectivity index (χ1) is 6.98. The van der Waals surface area contributed by atoms with Gasteiger partial charge in [0.05, 0.1) is 16.7 Å². The second-order valence-electron chi connectivity index (χ2n) is 4.75. The van der Waals surface area contributed by atoms with Gasteiger partial charge < -0.3 is 0 Å². The number of nitrogens with zero attached hydrogens (tertiary/aromatic N) is 1. The van der Waals surface area contributed by atoms with Crippen LogP contribution in [0.3, 0.4) is 0 Å². The molecule has 0 N–H and O–H groups in total. The lowest BCUT2D eigenvalue weighted by molar-refractivity contribution is 0.234. The molecular weight excluding hydrogens is 234 g/mol. The van der Waals surface area contributed by atoms with Gasteiger partial charge in [-0.2, -0.15) is 5.26 Å². The number of halogens is 1. The maximum atomic E-state index is 11.4. The van der Waals surface area contributed by atoms with Crippen molar-refractivity contribution in [3.8, 4) is 6.07 Å². The molecule has 0 spiro atoms. The second kappa shape index (κ2) is 3.64. The zero-order valence-electron chi connectivity index (χ0n) is 8.45. The highest BCUT2D eigenvalue weighted by molar-refractivity contribution is 8.15. The molecular formula is C10H14ClNO2S. The molecule has 5 heteroatoms. The summed E-state index contributed by atoms with van der Waals surface area (Å²) in [5.41, 5.74) is 0. The van der Waals surface area contributed by atoms with Crippen LogP contribution in [0.25, 0.3) is 0 Å². The predicted molar refractivity (Wildman–Crippen MR) is 57.8 cm³/mol. The van der Waals surface area contributed by atoms with E-state index in [-0.39, 0.29) is 5.92 Å². The zero-order valence-corrected chi connectivity index (χ0v) is 10.0. The largest absolute Gasteiger partial charge is 0.238 e. The summed E-state index contributed by atoms with van der Waals surface area (Å²) in [4.78, 5) is 0. The van der Waals surface area contributed by atoms with E-state index in [2.05, 4.69) is 6.07 Å². The number of hydrogen-bond acceptors (Lipinski definition) is 3. The summed E-state index contributed by atoms with van der Waals surface area (Å²) >= 11 is 0. The van der Waals surface area contributed by atoms with Crippen molar-refractivity contribution in [1.29, 1.82) is 5.26 Å². The van der Waals surface area contributed by atoms with Crippen molar-refractivity contribution < 1.29 is 8.42 Å². The van der Waals surface area contributed by atoms with E-state index in [9.17, 15) is 8.42 Å². The molecule has 2 saturated carbocycles. The minimum atomic E-state index is -3.49. The van der Waals surface area contributed by atoms with Gasteiger partial charge in [0.1, 0.15) is 0 Å². The Morgan fingerprint density at radius 3 is 2.33 bits per heavy atom. The summed E-state index contributed by atoms with van der Waals surface area (Å²) in [6.45, 7) is 0. The van der Waals surface area contributed by atoms with Gasteiger partial charge in [-0.25, -0.2) is 8.42 Å². The first-order valence-electron chi connectivity index (χ1n) is 5.32. The van der Waals surface area contributed by atoms with Crippen LogP contribution < -0.4 is 0 Å². The quantitative estimate of drug-likeness (QED) is 0.717. The van der Waals surface area contributed by atoms with Crippen molar-refractivity contribution in [3.05, 3.63) is 0 Å². The molecule has 1 atom stereocenters. The van der Waals surface area contributed by atoms with Gasteiger partial charge in [-0.3, -0.25) is 0 Å². The third kappa shape index (κ3) is 2.00. The van der Waals surface area contributed by atoms with Crippen molar-refractivity contribution >= 4 is 19.7 Å². The van der Waals surface area contributed by atoms with Crippen molar-refractivity contribution in [2.75, 3.05) is 0 Å². The standard InChI is InChI=1S/C10H14ClNO2S/c11-15(13,14)10(4-5-10)6-9(7-12)8-2-1-3-8/h8-9H,1-6H2. The Morgan fingerprint density at radius 1 is 1.47 bits per heavy atom. The smallest absolute Gasteiger partial charge is 0.212 e. The summed E-state index contributed by atoms with van der Waals surface area (Å²) in [5, 5.41) is 9.03. The normalized spacial score (nSPS) is 26.4. The molecule has 0 radical (unpaired) electrons. The van der Waals surface area contributed by atoms with Crippen LogP contribution >= 0.6 is 10.7 Å². The van der Waals surface area contributed by atoms with E-state index in [0.717, 1.165) is 12.8 Å². The van der Waals surface area contributed by atoms with Gasteiger partial charge >= 0.3 is 0 Å². The Kier molecular flexibility index (Phi) is 2.72. The summed E-state index contributed by atoms with van der Waals surface area (Å²) < 4.78 is 21.9. The molecule has 0 aliphatic heterocycles. The lowest BCUT2D eigenvalue weighted by atomic mass is 9.74. The van der Waals surface area contributed by atoms with Gasteiger partial charge in [0.15, 0.2) is 0 Å². The van der Waals surface area contributed by atoms with Crippen molar-refractivity contribution in [2.45, 2.75) is 43.3 Å². The molecule has 0 aromatic heterocycles. The summed E-state index contributed by atoms with van der Waals surface area (Å²) in [6.07, 6.45) is 5.00. The average molecular weight is 248 g/mol. The third-order valence-corrected chi connectivity index (χ3v) is 6.39. The van der Waals surface area contributed by atoms with Crippen LogP contribution in [0.15, 0.2) is 0 Å². The Hall–Kier alpha value is -0.270. The second-order valence-corrected chi connectivity index (χ2v) is 7.71. The molecule has 1 unspecified atom stereocenters. The fraction of sp³-hybridized carbons (Fsp3) is 0.900. The average Bonchev–Trinajstić information content (AvgIpc) is 2.79. The first-order valence-corrected chi connectivity index (χ1v) is 7.63. The van der Waals surface area contributed by atoms with Gasteiger partial charge in [-0.1, -0.05) is 6.42 Å². The molecule has 2 rings (SSSR count). The van der Waals surface area contributed by atoms with E-state index in [1.54, 1.807) is 0 Å². The number of nitriles is 1. The van der Waals surface area contributed by atoms with Gasteiger partial charge in [0.25, 0.3) is 0 Å². The topological polar surface area (TPSA) is 57.9 Å². The lowest BCUT2D eigenvalue weighted by Gasteiger charge is -2.31. The highest BCUT2D eigenvalue weighted by Crippen LogP contribution is 2.52. The Labute approximate surface area is 94.8 Å². The zero-order chi connectivity index (χ0) is 11.1. The van der Waals surface area contributed by atoms with Crippen LogP contribution in [0.5, 0.6) is 0 Å². The minimum Gasteiger partial charge on any atom is -0.212 e. The molecule has 3 nitrogen and oxygen atoms in total. The maximum Gasteiger partial charge on any atom is 0.238 e. The Morgan fingerprint density at radius 2 is 2.07 bits per heavy atom. The van der Waals surface area contributed by atoms with Crippen LogP contribution in [0, 0.1) is 23.2 Å². The van der Waals surface area contributed by atoms with E-state index in [1.807, 2.05) is 0 Å². The van der Waals surface area contributed by atoms with Gasteiger partial charge in [0.2, 0.25) is 9.05 Å². The molecule has 0 bridgehead atoms. The number of hydrogen-bond donors (Lipinski definition) is 0. The third-order valence-electron chi connectivity index (χ3n) is 3.80. The van der Waals surface area contributed by atoms with Crippen molar-refractivity contribution in [3.63, 3.8) is 0 Å². The molecule has 84 valence electrons. The van der Waals surface area contributed by atoms with E-state index >= 15 is 0 Å². The Bertz CT molecular complexity index is 390. The SMILES string of the molecule is N#CC(CC1(S(=O)(=O)Cl)CC1)C1CCC1. The van der Waals surface area contributed by atoms with E-state index in [1.165, 1.54) is 6.42 Å². The lowest BCUT2D eigenvalue weighted by Crippen LogP contribution is -2.28. The van der Waals surface area contributed by atoms with E-state index in [4.69, 9.17) is 15.9 Å². The van der Waals surface area contributed by atoms with Crippen LogP contribution in [-0.4, -0.2) is 13.2 Å². The van der Waals surface area contributed by atoms with Crippen LogP contribution in [0.4, 0.5) is 0 Å². The first kappa shape index (κ1) is 11.2. The molecule has 0 aromatic carbocycles. The van der Waals surface area contributed by atoms with Crippen LogP contribution in [0.2, 0.25) is 0 Å². The molecule has 15 heavy (non-hydrogen) atoms. The van der Waals surface area contributed by atoms with Crippen molar-refractivity contribution in [2.24, 2.45) is 11.8 Å². The predicted octanol–water partition coefficient (Wildman–Crippen LogP) is 2.42. The Balaban J connectivity index is 2.04. The van der Waals surface area contributed by atoms with Crippen molar-refractivity contribution in [1.82, 2.24) is 0 Å². The maximum absolute atomic E-state index is 11.4. The molecule has 2 aliphatic rings. The van der Waals surface area contributed by atoms with E-state index in [0.29, 0.717) is 25.2 Å². The summed E-state index contributed by atoms with van der Waals surface area (Å²) in [7, 11) is 1.92. The van der Waals surface area contributed by atoms with Crippen LogP contribution in [-0.2, 0) is 9.05 Å². The fourth-order valence-electron chi connectivity index (χ4n) is 2.25. The van der Waals surface area contributed by atoms with Gasteiger partial charge in [0, 0.05) is 10.7 Å². The molecule has 2 aliphatic carbocycles. The number of rotatable bonds is 4. The monoisotopic (exact) mass is 247 g/mol. The van der Waals surface area contributed by atoms with Crippen LogP contribution in [0.1, 0.15) is 38.5 Å². The minimum absolute atomic E-state index is 0.116. The highest BCUT2D eigenvalue weighted by Gasteiger charge is 2.55. The molecule has 2 fully saturated rings. The molecule has 0 heterocycles. The van der Waals surface area contributed by atoms with Gasteiger partial charge in [-0.05, 0) is 38.0 Å². The van der Waals surface area contributed by atoms with E-state index < -0.39 is 13.8 Å². The summed E-state index contributed by atoms with van der Waals surface area (Å²) in [5.74, 6) is 0.292. The summed E-state index contributed by atoms with van der Waals surface area (Å²) in [6, 6.07) is 2.25. The molecule has 0 saturated heterocycles. The molecule has 0 amide bonds. The molecule has 0 aromatic rings. The van der Waals surface area contributed by atoms with Gasteiger partial charge in [-0.15, -0.1) is 0 Å².